The fourth-order valence-corrected chi connectivity index (χ4v) is 2.91. The fraction of sp³-hybridized carbons (Fsp3) is 0.400. The second-order valence-electron chi connectivity index (χ2n) is 6.20. The molecule has 0 amide bonds. The number of imidazole rings is 1. The number of rotatable bonds is 3. The Labute approximate surface area is 156 Å². The van der Waals surface area contributed by atoms with E-state index in [9.17, 15) is 13.2 Å². The fourth-order valence-electron chi connectivity index (χ4n) is 2.91. The van der Waals surface area contributed by atoms with Crippen LogP contribution >= 0.6 is 0 Å². The summed E-state index contributed by atoms with van der Waals surface area (Å²) >= 11 is 0. The third-order valence-corrected chi connectivity index (χ3v) is 4.16. The molecule has 4 rings (SSSR count). The topological polar surface area (TPSA) is 134 Å². The first-order valence-electron chi connectivity index (χ1n) is 8.29. The number of aromatic nitrogens is 6. The van der Waals surface area contributed by atoms with Gasteiger partial charge in [0.05, 0.1) is 25.1 Å². The molecule has 10 nitrogen and oxygen atoms in total. The highest BCUT2D eigenvalue weighted by molar-refractivity contribution is 5.86. The maximum absolute atomic E-state index is 13.0. The predicted molar refractivity (Wildman–Crippen MR) is 93.0 cm³/mol. The van der Waals surface area contributed by atoms with Crippen molar-refractivity contribution < 1.29 is 17.9 Å². The largest absolute Gasteiger partial charge is 0.406 e. The van der Waals surface area contributed by atoms with Gasteiger partial charge >= 0.3 is 6.18 Å². The Morgan fingerprint density at radius 3 is 2.61 bits per heavy atom. The Bertz CT molecular complexity index is 989. The summed E-state index contributed by atoms with van der Waals surface area (Å²) in [5.74, 6) is 0.529. The lowest BCUT2D eigenvalue weighted by molar-refractivity contribution is -0.140. The molecule has 1 saturated heterocycles. The highest BCUT2D eigenvalue weighted by Gasteiger charge is 2.31. The van der Waals surface area contributed by atoms with E-state index in [1.807, 2.05) is 0 Å². The second kappa shape index (κ2) is 6.83. The van der Waals surface area contributed by atoms with Crippen LogP contribution in [0.3, 0.4) is 0 Å². The number of halogens is 3. The highest BCUT2D eigenvalue weighted by atomic mass is 19.4. The van der Waals surface area contributed by atoms with E-state index in [-0.39, 0.29) is 29.5 Å². The van der Waals surface area contributed by atoms with Crippen LogP contribution in [0.4, 0.5) is 24.9 Å². The lowest BCUT2D eigenvalue weighted by Crippen LogP contribution is -2.51. The van der Waals surface area contributed by atoms with Gasteiger partial charge in [0.1, 0.15) is 12.7 Å². The zero-order valence-electron chi connectivity index (χ0n) is 14.5. The van der Waals surface area contributed by atoms with Crippen LogP contribution in [-0.4, -0.2) is 61.6 Å². The minimum Gasteiger partial charge on any atom is -0.376 e. The van der Waals surface area contributed by atoms with Crippen molar-refractivity contribution in [1.29, 1.82) is 0 Å². The number of hydrogen-bond donors (Lipinski definition) is 2. The van der Waals surface area contributed by atoms with Crippen LogP contribution in [0.25, 0.3) is 22.6 Å². The molecule has 0 aromatic carbocycles. The third kappa shape index (κ3) is 3.53. The molecule has 0 unspecified atom stereocenters. The lowest BCUT2D eigenvalue weighted by atomic mass is 10.3. The minimum atomic E-state index is -4.43. The molecule has 3 aromatic rings. The van der Waals surface area contributed by atoms with Crippen molar-refractivity contribution >= 4 is 22.9 Å². The van der Waals surface area contributed by atoms with Gasteiger partial charge in [-0.25, -0.2) is 24.9 Å². The Kier molecular flexibility index (Phi) is 4.47. The summed E-state index contributed by atoms with van der Waals surface area (Å²) in [6.45, 7) is -0.151. The van der Waals surface area contributed by atoms with Gasteiger partial charge < -0.3 is 25.7 Å². The molecule has 13 heteroatoms. The molecule has 0 aliphatic carbocycles. The molecular weight excluding hydrogens is 379 g/mol. The molecule has 0 bridgehead atoms. The number of nitrogens with two attached hydrogens (primary N) is 2. The first-order chi connectivity index (χ1) is 13.3. The van der Waals surface area contributed by atoms with Crippen LogP contribution in [0.15, 0.2) is 18.7 Å². The summed E-state index contributed by atoms with van der Waals surface area (Å²) in [5.41, 5.74) is 12.3. The third-order valence-electron chi connectivity index (χ3n) is 4.16. The Morgan fingerprint density at radius 2 is 1.93 bits per heavy atom. The quantitative estimate of drug-likeness (QED) is 0.652. The molecule has 1 aliphatic rings. The number of nitrogens with zero attached hydrogens (tertiary/aromatic N) is 7. The molecule has 1 fully saturated rings. The average Bonchev–Trinajstić information content (AvgIpc) is 3.03. The molecule has 0 radical (unpaired) electrons. The second-order valence-corrected chi connectivity index (χ2v) is 6.20. The van der Waals surface area contributed by atoms with Gasteiger partial charge in [0, 0.05) is 18.9 Å². The van der Waals surface area contributed by atoms with E-state index in [1.165, 1.54) is 12.4 Å². The summed E-state index contributed by atoms with van der Waals surface area (Å²) < 4.78 is 45.1. The molecule has 1 atom stereocenters. The van der Waals surface area contributed by atoms with Gasteiger partial charge in [-0.3, -0.25) is 0 Å². The van der Waals surface area contributed by atoms with E-state index >= 15 is 0 Å². The van der Waals surface area contributed by atoms with Crippen LogP contribution < -0.4 is 16.4 Å². The zero-order chi connectivity index (χ0) is 19.9. The molecule has 148 valence electrons. The number of fused-ring (bicyclic) bond motifs is 1. The molecule has 3 aromatic heterocycles. The van der Waals surface area contributed by atoms with Crippen molar-refractivity contribution in [1.82, 2.24) is 29.5 Å². The number of morpholine rings is 1. The normalized spacial score (nSPS) is 18.0. The predicted octanol–water partition coefficient (Wildman–Crippen LogP) is 0.549. The van der Waals surface area contributed by atoms with Gasteiger partial charge in [-0.15, -0.1) is 0 Å². The zero-order valence-corrected chi connectivity index (χ0v) is 14.5. The smallest absolute Gasteiger partial charge is 0.376 e. The van der Waals surface area contributed by atoms with Crippen molar-refractivity contribution in [3.05, 3.63) is 18.7 Å². The van der Waals surface area contributed by atoms with Crippen molar-refractivity contribution in [2.75, 3.05) is 30.4 Å². The van der Waals surface area contributed by atoms with E-state index in [2.05, 4.69) is 24.9 Å². The Morgan fingerprint density at radius 1 is 1.18 bits per heavy atom. The number of anilines is 2. The van der Waals surface area contributed by atoms with Gasteiger partial charge in [-0.1, -0.05) is 0 Å². The van der Waals surface area contributed by atoms with Gasteiger partial charge in [0.2, 0.25) is 5.95 Å². The van der Waals surface area contributed by atoms with Crippen LogP contribution in [0.2, 0.25) is 0 Å². The van der Waals surface area contributed by atoms with Crippen LogP contribution in [0.5, 0.6) is 0 Å². The van der Waals surface area contributed by atoms with Crippen LogP contribution in [0, 0.1) is 0 Å². The summed E-state index contributed by atoms with van der Waals surface area (Å²) in [4.78, 5) is 22.4. The van der Waals surface area contributed by atoms with E-state index < -0.39 is 18.9 Å². The standard InChI is InChI=1S/C15H16F3N9O/c16-15(17,18)6-26-7-23-10-12(26)24-11(8-3-21-14(20)22-4-8)25-13(10)27-1-2-28-5-9(27)19/h3-4,7,9H,1-2,5-6,19H2,(H2,20,21,22)/t9-/m1/s1. The summed E-state index contributed by atoms with van der Waals surface area (Å²) in [7, 11) is 0. The molecule has 1 aliphatic heterocycles. The molecular formula is C15H16F3N9O. The highest BCUT2D eigenvalue weighted by Crippen LogP contribution is 2.29. The Balaban J connectivity index is 1.89. The first-order valence-corrected chi connectivity index (χ1v) is 8.29. The number of ether oxygens (including phenoxy) is 1. The maximum Gasteiger partial charge on any atom is 0.406 e. The van der Waals surface area contributed by atoms with Gasteiger partial charge in [-0.2, -0.15) is 13.2 Å². The summed E-state index contributed by atoms with van der Waals surface area (Å²) in [6, 6.07) is 0. The van der Waals surface area contributed by atoms with E-state index in [0.29, 0.717) is 24.5 Å². The van der Waals surface area contributed by atoms with Crippen molar-refractivity contribution in [3.63, 3.8) is 0 Å². The SMILES string of the molecule is Nc1ncc(-c2nc(N3CCOC[C@@H]3N)c3ncn(CC(F)(F)F)c3n2)cn1. The maximum atomic E-state index is 13.0. The number of hydrogen-bond acceptors (Lipinski definition) is 9. The van der Waals surface area contributed by atoms with Crippen molar-refractivity contribution in [2.24, 2.45) is 5.73 Å². The minimum absolute atomic E-state index is 0.0350. The van der Waals surface area contributed by atoms with Crippen LogP contribution in [-0.2, 0) is 11.3 Å². The number of alkyl halides is 3. The van der Waals surface area contributed by atoms with E-state index in [0.717, 1.165) is 10.9 Å². The first kappa shape index (κ1) is 18.3. The van der Waals surface area contributed by atoms with E-state index in [1.54, 1.807) is 4.90 Å². The van der Waals surface area contributed by atoms with Crippen molar-refractivity contribution in [3.8, 4) is 11.4 Å². The molecule has 28 heavy (non-hydrogen) atoms. The van der Waals surface area contributed by atoms with Crippen molar-refractivity contribution in [2.45, 2.75) is 18.9 Å². The molecule has 4 heterocycles. The van der Waals surface area contributed by atoms with Gasteiger partial charge in [-0.05, 0) is 0 Å². The number of nitrogen functional groups attached to an aromatic ring is 1. The molecule has 0 saturated carbocycles. The summed E-state index contributed by atoms with van der Waals surface area (Å²) in [5, 5.41) is 0. The monoisotopic (exact) mass is 395 g/mol. The summed E-state index contributed by atoms with van der Waals surface area (Å²) in [6.07, 6.45) is -1.06. The lowest BCUT2D eigenvalue weighted by Gasteiger charge is -2.34. The molecule has 0 spiro atoms. The van der Waals surface area contributed by atoms with Gasteiger partial charge in [0.15, 0.2) is 22.8 Å². The molecule has 4 N–H and O–H groups in total. The average molecular weight is 395 g/mol. The van der Waals surface area contributed by atoms with Gasteiger partial charge in [0.25, 0.3) is 0 Å². The van der Waals surface area contributed by atoms with E-state index in [4.69, 9.17) is 16.2 Å². The Hall–Kier alpha value is -3.06. The van der Waals surface area contributed by atoms with Crippen LogP contribution in [0.1, 0.15) is 0 Å².